The third-order valence-corrected chi connectivity index (χ3v) is 9.61. The number of imidazole rings is 1. The molecule has 1 saturated heterocycles. The zero-order chi connectivity index (χ0) is 27.6. The molecule has 10 heteroatoms. The fourth-order valence-corrected chi connectivity index (χ4v) is 7.00. The predicted molar refractivity (Wildman–Crippen MR) is 147 cm³/mol. The number of aromatic nitrogens is 2. The molecule has 9 nitrogen and oxygen atoms in total. The van der Waals surface area contributed by atoms with Crippen LogP contribution in [0.25, 0.3) is 11.0 Å². The van der Waals surface area contributed by atoms with Crippen molar-refractivity contribution in [2.45, 2.75) is 55.9 Å². The Labute approximate surface area is 228 Å². The fourth-order valence-electron chi connectivity index (χ4n) is 5.16. The Hall–Kier alpha value is -3.68. The first kappa shape index (κ1) is 26.9. The van der Waals surface area contributed by atoms with Crippen molar-refractivity contribution in [2.24, 2.45) is 0 Å². The molecule has 0 N–H and O–H groups in total. The number of hydrogen-bond donors (Lipinski definition) is 0. The van der Waals surface area contributed by atoms with Gasteiger partial charge < -0.3 is 9.47 Å². The highest BCUT2D eigenvalue weighted by Crippen LogP contribution is 2.35. The van der Waals surface area contributed by atoms with Crippen LogP contribution in [0.2, 0.25) is 0 Å². The molecule has 39 heavy (non-hydrogen) atoms. The number of fused-ring (bicyclic) bond motifs is 1. The lowest BCUT2D eigenvalue weighted by Crippen LogP contribution is -2.34. The van der Waals surface area contributed by atoms with Crippen molar-refractivity contribution in [3.63, 3.8) is 0 Å². The van der Waals surface area contributed by atoms with Crippen molar-refractivity contribution in [1.82, 2.24) is 13.9 Å². The minimum Gasteiger partial charge on any atom is -0.475 e. The van der Waals surface area contributed by atoms with Gasteiger partial charge in [0.25, 0.3) is 0 Å². The fraction of sp³-hybridized carbons (Fsp3) is 0.414. The molecule has 0 bridgehead atoms. The number of carbonyl (C=O) groups is 1. The number of nitriles is 1. The second kappa shape index (κ2) is 11.2. The normalized spacial score (nSPS) is 17.4. The molecule has 204 valence electrons. The third-order valence-electron chi connectivity index (χ3n) is 7.38. The van der Waals surface area contributed by atoms with Gasteiger partial charge in [-0.25, -0.2) is 22.2 Å². The van der Waals surface area contributed by atoms with Gasteiger partial charge in [-0.2, -0.15) is 5.26 Å². The molecule has 0 radical (unpaired) electrons. The maximum Gasteiger partial charge on any atom is 0.337 e. The van der Waals surface area contributed by atoms with Crippen LogP contribution in [0.15, 0.2) is 55.1 Å². The molecule has 1 atom stereocenters. The molecule has 2 aromatic carbocycles. The summed E-state index contributed by atoms with van der Waals surface area (Å²) in [7, 11) is -2.32. The van der Waals surface area contributed by atoms with Gasteiger partial charge in [0.15, 0.2) is 6.10 Å². The van der Waals surface area contributed by atoms with Crippen molar-refractivity contribution in [3.8, 4) is 11.8 Å². The number of nitrogens with zero attached hydrogens (tertiary/aromatic N) is 4. The molecule has 1 unspecified atom stereocenters. The summed E-state index contributed by atoms with van der Waals surface area (Å²) in [6.45, 7) is 5.65. The van der Waals surface area contributed by atoms with Crippen LogP contribution in [0.1, 0.15) is 59.8 Å². The minimum absolute atomic E-state index is 0.293. The highest BCUT2D eigenvalue weighted by atomic mass is 32.2. The first-order valence-corrected chi connectivity index (χ1v) is 14.7. The number of likely N-dealkylation sites (tertiary alicyclic amines) is 1. The van der Waals surface area contributed by atoms with Gasteiger partial charge in [0.2, 0.25) is 10.0 Å². The second-order valence-electron chi connectivity index (χ2n) is 10.1. The van der Waals surface area contributed by atoms with Crippen LogP contribution in [0.5, 0.6) is 5.75 Å². The van der Waals surface area contributed by atoms with E-state index in [1.807, 2.05) is 18.2 Å². The van der Waals surface area contributed by atoms with Crippen LogP contribution < -0.4 is 4.74 Å². The van der Waals surface area contributed by atoms with Gasteiger partial charge in [-0.3, -0.25) is 4.90 Å². The largest absolute Gasteiger partial charge is 0.475 e. The molecule has 3 aromatic rings. The van der Waals surface area contributed by atoms with Crippen LogP contribution in [-0.2, 0) is 21.3 Å². The number of hydrogen-bond acceptors (Lipinski definition) is 8. The van der Waals surface area contributed by atoms with Gasteiger partial charge in [0.05, 0.1) is 35.5 Å². The Balaban J connectivity index is 1.33. The Kier molecular flexibility index (Phi) is 7.73. The van der Waals surface area contributed by atoms with Gasteiger partial charge in [0.1, 0.15) is 17.6 Å². The number of methoxy groups -OCH3 is 1. The first-order chi connectivity index (χ1) is 18.8. The monoisotopic (exact) mass is 548 g/mol. The molecule has 0 amide bonds. The SMILES string of the molecule is C=CCC(C#N)Oc1cccc(C2CCN(Cc3nc4ccc(C(=O)OC)cc4n3S(=O)(=O)C3CC3)CC2)c1. The Bertz CT molecular complexity index is 1530. The molecular formula is C29H32N4O5S. The van der Waals surface area contributed by atoms with Crippen LogP contribution in [-0.4, -0.2) is 59.8 Å². The molecule has 1 aliphatic carbocycles. The van der Waals surface area contributed by atoms with E-state index in [0.717, 1.165) is 25.9 Å². The molecule has 2 heterocycles. The number of benzene rings is 2. The van der Waals surface area contributed by atoms with Gasteiger partial charge >= 0.3 is 5.97 Å². The standard InChI is InChI=1S/C29H32N4O5S/c1-3-5-24(18-30)38-23-7-4-6-21(16-23)20-12-14-32(15-13-20)19-28-31-26-11-8-22(29(34)37-2)17-27(26)33(28)39(35,36)25-9-10-25/h3-4,6-8,11,16-17,20,24-25H,1,5,9-10,12-15,19H2,2H3. The third kappa shape index (κ3) is 5.70. The second-order valence-corrected chi connectivity index (χ2v) is 12.2. The summed E-state index contributed by atoms with van der Waals surface area (Å²) in [4.78, 5) is 19.0. The number of ether oxygens (including phenoxy) is 2. The Morgan fingerprint density at radius 2 is 1.97 bits per heavy atom. The van der Waals surface area contributed by atoms with Gasteiger partial charge in [0, 0.05) is 6.42 Å². The molecule has 0 spiro atoms. The smallest absolute Gasteiger partial charge is 0.337 e. The van der Waals surface area contributed by atoms with E-state index in [0.29, 0.717) is 59.9 Å². The van der Waals surface area contributed by atoms with Crippen LogP contribution in [0, 0.1) is 11.3 Å². The molecular weight excluding hydrogens is 516 g/mol. The number of rotatable bonds is 10. The predicted octanol–water partition coefficient (Wildman–Crippen LogP) is 4.39. The number of carbonyl (C=O) groups excluding carboxylic acids is 1. The van der Waals surface area contributed by atoms with Crippen molar-refractivity contribution < 1.29 is 22.7 Å². The zero-order valence-corrected chi connectivity index (χ0v) is 22.8. The van der Waals surface area contributed by atoms with E-state index in [-0.39, 0.29) is 0 Å². The average molecular weight is 549 g/mol. The summed E-state index contributed by atoms with van der Waals surface area (Å²) >= 11 is 0. The molecule has 1 aromatic heterocycles. The maximum atomic E-state index is 13.4. The summed E-state index contributed by atoms with van der Waals surface area (Å²) in [5, 5.41) is 8.88. The van der Waals surface area contributed by atoms with Crippen LogP contribution >= 0.6 is 0 Å². The van der Waals surface area contributed by atoms with Crippen LogP contribution in [0.4, 0.5) is 0 Å². The van der Waals surface area contributed by atoms with E-state index in [9.17, 15) is 18.5 Å². The highest BCUT2D eigenvalue weighted by Gasteiger charge is 2.39. The van der Waals surface area contributed by atoms with Gasteiger partial charge in [-0.15, -0.1) is 6.58 Å². The summed E-state index contributed by atoms with van der Waals surface area (Å²) in [6, 6.07) is 14.9. The highest BCUT2D eigenvalue weighted by molar-refractivity contribution is 7.91. The molecule has 2 fully saturated rings. The van der Waals surface area contributed by atoms with E-state index in [2.05, 4.69) is 28.6 Å². The number of piperidine rings is 1. The van der Waals surface area contributed by atoms with E-state index >= 15 is 0 Å². The number of esters is 1. The van der Waals surface area contributed by atoms with Crippen molar-refractivity contribution in [2.75, 3.05) is 20.2 Å². The summed E-state index contributed by atoms with van der Waals surface area (Å²) in [5.41, 5.74) is 2.42. The lowest BCUT2D eigenvalue weighted by Gasteiger charge is -2.32. The topological polar surface area (TPSA) is 115 Å². The summed E-state index contributed by atoms with van der Waals surface area (Å²) in [5.74, 6) is 0.961. The zero-order valence-electron chi connectivity index (χ0n) is 22.0. The van der Waals surface area contributed by atoms with Gasteiger partial charge in [-0.1, -0.05) is 18.2 Å². The van der Waals surface area contributed by atoms with E-state index in [1.165, 1.54) is 16.6 Å². The molecule has 5 rings (SSSR count). The minimum atomic E-state index is -3.62. The molecule has 1 saturated carbocycles. The van der Waals surface area contributed by atoms with Crippen molar-refractivity contribution in [3.05, 3.63) is 72.1 Å². The van der Waals surface area contributed by atoms with E-state index in [4.69, 9.17) is 9.47 Å². The van der Waals surface area contributed by atoms with E-state index in [1.54, 1.807) is 24.3 Å². The summed E-state index contributed by atoms with van der Waals surface area (Å²) < 4.78 is 38.9. The van der Waals surface area contributed by atoms with Crippen molar-refractivity contribution >= 4 is 27.0 Å². The molecule has 1 aliphatic heterocycles. The average Bonchev–Trinajstić information content (AvgIpc) is 3.75. The van der Waals surface area contributed by atoms with Crippen LogP contribution in [0.3, 0.4) is 0 Å². The Morgan fingerprint density at radius 3 is 2.64 bits per heavy atom. The first-order valence-electron chi connectivity index (χ1n) is 13.2. The lowest BCUT2D eigenvalue weighted by molar-refractivity contribution is 0.0601. The summed E-state index contributed by atoms with van der Waals surface area (Å²) in [6.07, 6.45) is 4.65. The Morgan fingerprint density at radius 1 is 1.21 bits per heavy atom. The maximum absolute atomic E-state index is 13.4. The quantitative estimate of drug-likeness (QED) is 0.271. The van der Waals surface area contributed by atoms with E-state index < -0.39 is 27.3 Å². The van der Waals surface area contributed by atoms with Gasteiger partial charge in [-0.05, 0) is 80.6 Å². The van der Waals surface area contributed by atoms with Crippen molar-refractivity contribution in [1.29, 1.82) is 5.26 Å². The molecule has 2 aliphatic rings. The lowest BCUT2D eigenvalue weighted by atomic mass is 9.89.